The maximum absolute atomic E-state index is 6.18. The van der Waals surface area contributed by atoms with Crippen LogP contribution in [0.25, 0.3) is 11.0 Å². The lowest BCUT2D eigenvalue weighted by Crippen LogP contribution is -2.39. The van der Waals surface area contributed by atoms with Gasteiger partial charge in [-0.3, -0.25) is 9.88 Å². The molecule has 2 aliphatic rings. The Morgan fingerprint density at radius 2 is 1.62 bits per heavy atom. The van der Waals surface area contributed by atoms with E-state index in [1.165, 1.54) is 12.8 Å². The van der Waals surface area contributed by atoms with Crippen molar-refractivity contribution in [3.05, 3.63) is 65.6 Å². The third-order valence-corrected chi connectivity index (χ3v) is 7.29. The van der Waals surface area contributed by atoms with Gasteiger partial charge in [0, 0.05) is 36.4 Å². The predicted molar refractivity (Wildman–Crippen MR) is 188 cm³/mol. The minimum atomic E-state index is -0.0392. The Balaban J connectivity index is 0.000000910. The van der Waals surface area contributed by atoms with E-state index in [1.54, 1.807) is 6.20 Å². The Morgan fingerprint density at radius 3 is 2.20 bits per heavy atom. The topological polar surface area (TPSA) is 73.1 Å². The van der Waals surface area contributed by atoms with Crippen LogP contribution in [-0.4, -0.2) is 73.2 Å². The van der Waals surface area contributed by atoms with E-state index in [0.29, 0.717) is 12.5 Å². The number of likely N-dealkylation sites (tertiary alicyclic amines) is 1. The number of allylic oxidation sites excluding steroid dienone is 2. The molecule has 0 saturated carbocycles. The minimum Gasteiger partial charge on any atom is -0.488 e. The summed E-state index contributed by atoms with van der Waals surface area (Å²) in [6, 6.07) is 8.10. The lowest BCUT2D eigenvalue weighted by Gasteiger charge is -2.32. The van der Waals surface area contributed by atoms with Gasteiger partial charge in [0.25, 0.3) is 0 Å². The highest BCUT2D eigenvalue weighted by Gasteiger charge is 2.25. The molecule has 8 nitrogen and oxygen atoms in total. The highest BCUT2D eigenvalue weighted by molar-refractivity contribution is 5.84. The van der Waals surface area contributed by atoms with Gasteiger partial charge in [0.2, 0.25) is 0 Å². The smallest absolute Gasteiger partial charge is 0.175 e. The summed E-state index contributed by atoms with van der Waals surface area (Å²) in [6.45, 7) is 21.7. The Morgan fingerprint density at radius 1 is 0.956 bits per heavy atom. The first-order valence-electron chi connectivity index (χ1n) is 17.2. The van der Waals surface area contributed by atoms with Crippen molar-refractivity contribution in [1.29, 1.82) is 0 Å². The van der Waals surface area contributed by atoms with E-state index in [9.17, 15) is 0 Å². The van der Waals surface area contributed by atoms with E-state index in [-0.39, 0.29) is 6.29 Å². The van der Waals surface area contributed by atoms with Crippen LogP contribution in [0.15, 0.2) is 53.3 Å². The molecule has 0 N–H and O–H groups in total. The Kier molecular flexibility index (Phi) is 21.9. The largest absolute Gasteiger partial charge is 0.488 e. The summed E-state index contributed by atoms with van der Waals surface area (Å²) in [5, 5.41) is 5.59. The van der Waals surface area contributed by atoms with Gasteiger partial charge in [-0.05, 0) is 90.8 Å². The summed E-state index contributed by atoms with van der Waals surface area (Å²) in [7, 11) is 4.11. The van der Waals surface area contributed by atoms with E-state index >= 15 is 0 Å². The summed E-state index contributed by atoms with van der Waals surface area (Å²) in [6.07, 6.45) is 12.0. The quantitative estimate of drug-likeness (QED) is 0.207. The minimum absolute atomic E-state index is 0.0392. The Bertz CT molecular complexity index is 1150. The average Bonchev–Trinajstić information content (AvgIpc) is 3.77. The van der Waals surface area contributed by atoms with Gasteiger partial charge in [0.05, 0.1) is 24.5 Å². The van der Waals surface area contributed by atoms with Gasteiger partial charge < -0.3 is 23.6 Å². The number of pyridine rings is 1. The number of benzene rings is 1. The van der Waals surface area contributed by atoms with E-state index in [4.69, 9.17) is 18.7 Å². The molecule has 254 valence electrons. The number of hydrogen-bond acceptors (Lipinski definition) is 8. The molecular formula is C37H62N4O4. The third kappa shape index (κ3) is 14.0. The van der Waals surface area contributed by atoms with E-state index < -0.39 is 0 Å². The average molecular weight is 627 g/mol. The molecule has 1 aromatic carbocycles. The van der Waals surface area contributed by atoms with Gasteiger partial charge in [-0.1, -0.05) is 64.9 Å². The first-order valence-corrected chi connectivity index (χ1v) is 17.2. The molecule has 3 aromatic rings. The molecule has 2 aromatic heterocycles. The summed E-state index contributed by atoms with van der Waals surface area (Å²) in [5.74, 6) is 1.55. The van der Waals surface area contributed by atoms with Crippen LogP contribution in [-0.2, 0) is 29.0 Å². The standard InChI is InChI=1S/C27H36N4O4.C4H8.3C2H6/c1-30(2)17-23-25(34-19-21-4-3-11-28-16-21)8-6-22-24(29-35-27(22)23)7-5-20-9-12-31(13-10-20)18-26-32-14-15-33-26;1-3-4-2;3*1-2/h3-4,6,8,11,16,20,26H,5,7,9-10,12-15,17-19H2,1-2H3;3-4H,1-2H3;3*1-2H3/b;4-3+;;;. The van der Waals surface area contributed by atoms with Crippen molar-refractivity contribution in [3.8, 4) is 5.75 Å². The number of piperidine rings is 1. The molecule has 2 aliphatic heterocycles. The molecule has 0 atom stereocenters. The second-order valence-corrected chi connectivity index (χ2v) is 10.6. The van der Waals surface area contributed by atoms with Crippen molar-refractivity contribution in [2.75, 3.05) is 46.9 Å². The molecule has 5 rings (SSSR count). The summed E-state index contributed by atoms with van der Waals surface area (Å²) < 4.78 is 23.3. The summed E-state index contributed by atoms with van der Waals surface area (Å²) in [4.78, 5) is 8.78. The normalized spacial score (nSPS) is 15.4. The van der Waals surface area contributed by atoms with Crippen LogP contribution in [0.1, 0.15) is 91.5 Å². The number of nitrogens with zero attached hydrogens (tertiary/aromatic N) is 4. The summed E-state index contributed by atoms with van der Waals surface area (Å²) >= 11 is 0. The van der Waals surface area contributed by atoms with Crippen LogP contribution in [0.2, 0.25) is 0 Å². The van der Waals surface area contributed by atoms with E-state index in [1.807, 2.05) is 85.9 Å². The molecule has 0 spiro atoms. The van der Waals surface area contributed by atoms with Crippen LogP contribution in [0.5, 0.6) is 5.75 Å². The second kappa shape index (κ2) is 24.5. The molecule has 0 aliphatic carbocycles. The number of hydrogen-bond donors (Lipinski definition) is 0. The molecule has 0 amide bonds. The fourth-order valence-corrected chi connectivity index (χ4v) is 5.04. The van der Waals surface area contributed by atoms with Gasteiger partial charge >= 0.3 is 0 Å². The van der Waals surface area contributed by atoms with Gasteiger partial charge in [0.15, 0.2) is 11.9 Å². The van der Waals surface area contributed by atoms with Gasteiger partial charge in [-0.25, -0.2) is 0 Å². The van der Waals surface area contributed by atoms with E-state index in [0.717, 1.165) is 85.8 Å². The lowest BCUT2D eigenvalue weighted by atomic mass is 9.91. The van der Waals surface area contributed by atoms with E-state index in [2.05, 4.69) is 46.2 Å². The van der Waals surface area contributed by atoms with Crippen molar-refractivity contribution in [1.82, 2.24) is 19.9 Å². The van der Waals surface area contributed by atoms with Crippen molar-refractivity contribution in [2.24, 2.45) is 5.92 Å². The van der Waals surface area contributed by atoms with Crippen LogP contribution in [0, 0.1) is 5.92 Å². The Hall–Kier alpha value is -2.78. The molecule has 45 heavy (non-hydrogen) atoms. The van der Waals surface area contributed by atoms with Crippen molar-refractivity contribution in [2.45, 2.75) is 101 Å². The Labute approximate surface area is 274 Å². The molecule has 0 radical (unpaired) electrons. The summed E-state index contributed by atoms with van der Waals surface area (Å²) in [5.41, 5.74) is 3.97. The number of aryl methyl sites for hydroxylation is 1. The SMILES string of the molecule is C/C=C/C.CC.CC.CC.CN(C)Cc1c(OCc2cccnc2)ccc2c(CCC3CCN(CC4OCCO4)CC3)noc12. The molecule has 2 fully saturated rings. The number of aromatic nitrogens is 2. The molecule has 0 bridgehead atoms. The second-order valence-electron chi connectivity index (χ2n) is 10.6. The van der Waals surface area contributed by atoms with Crippen LogP contribution >= 0.6 is 0 Å². The third-order valence-electron chi connectivity index (χ3n) is 7.29. The van der Waals surface area contributed by atoms with Gasteiger partial charge in [0.1, 0.15) is 12.4 Å². The van der Waals surface area contributed by atoms with Crippen molar-refractivity contribution >= 4 is 11.0 Å². The van der Waals surface area contributed by atoms with Crippen LogP contribution in [0.3, 0.4) is 0 Å². The van der Waals surface area contributed by atoms with Gasteiger partial charge in [-0.2, -0.15) is 0 Å². The molecular weight excluding hydrogens is 564 g/mol. The number of fused-ring (bicyclic) bond motifs is 1. The predicted octanol–water partition coefficient (Wildman–Crippen LogP) is 8.54. The maximum atomic E-state index is 6.18. The molecule has 8 heteroatoms. The fourth-order valence-electron chi connectivity index (χ4n) is 5.04. The van der Waals surface area contributed by atoms with Gasteiger partial charge in [-0.15, -0.1) is 0 Å². The van der Waals surface area contributed by atoms with Crippen molar-refractivity contribution < 1.29 is 18.7 Å². The zero-order chi connectivity index (χ0) is 33.5. The molecule has 4 heterocycles. The fraction of sp³-hybridized carbons (Fsp3) is 0.622. The monoisotopic (exact) mass is 626 g/mol. The van der Waals surface area contributed by atoms with Crippen molar-refractivity contribution in [3.63, 3.8) is 0 Å². The number of ether oxygens (including phenoxy) is 3. The van der Waals surface area contributed by atoms with Crippen LogP contribution in [0.4, 0.5) is 0 Å². The zero-order valence-corrected chi connectivity index (χ0v) is 30.0. The first kappa shape index (κ1) is 40.2. The lowest BCUT2D eigenvalue weighted by molar-refractivity contribution is -0.0661. The number of rotatable bonds is 10. The zero-order valence-electron chi connectivity index (χ0n) is 30.0. The molecule has 2 saturated heterocycles. The first-order chi connectivity index (χ1) is 22.1. The maximum Gasteiger partial charge on any atom is 0.175 e. The highest BCUT2D eigenvalue weighted by Crippen LogP contribution is 2.33. The highest BCUT2D eigenvalue weighted by atomic mass is 16.7. The van der Waals surface area contributed by atoms with Crippen LogP contribution < -0.4 is 4.74 Å². The molecule has 0 unspecified atom stereocenters.